The molecule has 7 heteroatoms. The van der Waals surface area contributed by atoms with E-state index in [4.69, 9.17) is 17.3 Å². The number of nitrogens with one attached hydrogen (secondary N) is 1. The Morgan fingerprint density at radius 1 is 1.07 bits per heavy atom. The monoisotopic (exact) mass is 421 g/mol. The Hall–Kier alpha value is -2.24. The lowest BCUT2D eigenvalue weighted by molar-refractivity contribution is 0.0696. The molecule has 3 rings (SSSR count). The quantitative estimate of drug-likeness (QED) is 0.681. The van der Waals surface area contributed by atoms with Crippen LogP contribution in [0.3, 0.4) is 0 Å². The van der Waals surface area contributed by atoms with E-state index in [0.717, 1.165) is 25.7 Å². The standard InChI is InChI=1S/C21H24ClN3O2.ClH/c1-25(17-5-3-2-4-6-17)21(27)18-12-11-16(13-19(18)22)24-20(26)14-7-9-15(23)10-8-14;/h7-13,17H,2-6,23H2,1H3,(H,24,26);1H. The fourth-order valence-electron chi connectivity index (χ4n) is 3.43. The van der Waals surface area contributed by atoms with E-state index in [1.54, 1.807) is 47.4 Å². The highest BCUT2D eigenvalue weighted by Crippen LogP contribution is 2.26. The molecule has 28 heavy (non-hydrogen) atoms. The molecule has 0 heterocycles. The summed E-state index contributed by atoms with van der Waals surface area (Å²) in [6, 6.07) is 11.9. The van der Waals surface area contributed by atoms with Crippen molar-refractivity contribution in [3.05, 3.63) is 58.6 Å². The molecule has 150 valence electrons. The largest absolute Gasteiger partial charge is 0.399 e. The summed E-state index contributed by atoms with van der Waals surface area (Å²) in [4.78, 5) is 26.9. The van der Waals surface area contributed by atoms with Crippen molar-refractivity contribution in [1.82, 2.24) is 4.90 Å². The van der Waals surface area contributed by atoms with Crippen LogP contribution in [-0.2, 0) is 0 Å². The summed E-state index contributed by atoms with van der Waals surface area (Å²) in [6.45, 7) is 0. The molecule has 0 aromatic heterocycles. The SMILES string of the molecule is CN(C(=O)c1ccc(NC(=O)c2ccc(N)cc2)cc1Cl)C1CCCCC1.Cl. The second-order valence-electron chi connectivity index (χ2n) is 6.98. The number of amides is 2. The average Bonchev–Trinajstić information content (AvgIpc) is 2.68. The maximum absolute atomic E-state index is 12.8. The minimum Gasteiger partial charge on any atom is -0.399 e. The van der Waals surface area contributed by atoms with Gasteiger partial charge in [0.2, 0.25) is 0 Å². The molecule has 5 nitrogen and oxygen atoms in total. The highest BCUT2D eigenvalue weighted by atomic mass is 35.5. The predicted octanol–water partition coefficient (Wildman–Crippen LogP) is 5.00. The summed E-state index contributed by atoms with van der Waals surface area (Å²) in [5.74, 6) is -0.340. The molecular formula is C21H25Cl2N3O2. The molecule has 0 aliphatic heterocycles. The van der Waals surface area contributed by atoms with Crippen LogP contribution in [0, 0.1) is 0 Å². The van der Waals surface area contributed by atoms with Crippen molar-refractivity contribution >= 4 is 47.2 Å². The van der Waals surface area contributed by atoms with Gasteiger partial charge in [0.25, 0.3) is 11.8 Å². The van der Waals surface area contributed by atoms with E-state index in [1.165, 1.54) is 6.42 Å². The second kappa shape index (κ2) is 9.80. The van der Waals surface area contributed by atoms with Crippen LogP contribution in [0.15, 0.2) is 42.5 Å². The smallest absolute Gasteiger partial charge is 0.255 e. The van der Waals surface area contributed by atoms with Gasteiger partial charge in [0, 0.05) is 30.0 Å². The summed E-state index contributed by atoms with van der Waals surface area (Å²) in [6.07, 6.45) is 5.63. The number of rotatable bonds is 4. The van der Waals surface area contributed by atoms with Crippen molar-refractivity contribution in [2.24, 2.45) is 0 Å². The van der Waals surface area contributed by atoms with Gasteiger partial charge < -0.3 is 16.0 Å². The van der Waals surface area contributed by atoms with Crippen LogP contribution in [0.4, 0.5) is 11.4 Å². The predicted molar refractivity (Wildman–Crippen MR) is 116 cm³/mol. The van der Waals surface area contributed by atoms with E-state index in [-0.39, 0.29) is 30.3 Å². The maximum atomic E-state index is 12.8. The lowest BCUT2D eigenvalue weighted by Crippen LogP contribution is -2.38. The Morgan fingerprint density at radius 2 is 1.71 bits per heavy atom. The molecule has 0 unspecified atom stereocenters. The highest BCUT2D eigenvalue weighted by Gasteiger charge is 2.24. The van der Waals surface area contributed by atoms with Crippen molar-refractivity contribution < 1.29 is 9.59 Å². The molecule has 1 fully saturated rings. The third kappa shape index (κ3) is 5.18. The first-order valence-electron chi connectivity index (χ1n) is 9.19. The molecule has 0 radical (unpaired) electrons. The van der Waals surface area contributed by atoms with Gasteiger partial charge in [-0.1, -0.05) is 30.9 Å². The number of hydrogen-bond donors (Lipinski definition) is 2. The van der Waals surface area contributed by atoms with Crippen LogP contribution in [0.2, 0.25) is 5.02 Å². The number of anilines is 2. The molecule has 0 atom stereocenters. The van der Waals surface area contributed by atoms with E-state index >= 15 is 0 Å². The Bertz CT molecular complexity index is 834. The van der Waals surface area contributed by atoms with Crippen molar-refractivity contribution in [2.45, 2.75) is 38.1 Å². The highest BCUT2D eigenvalue weighted by molar-refractivity contribution is 6.34. The number of carbonyl (C=O) groups excluding carboxylic acids is 2. The van der Waals surface area contributed by atoms with Gasteiger partial charge in [-0.05, 0) is 55.3 Å². The van der Waals surface area contributed by atoms with Crippen molar-refractivity contribution in [3.63, 3.8) is 0 Å². The van der Waals surface area contributed by atoms with Crippen molar-refractivity contribution in [1.29, 1.82) is 0 Å². The minimum absolute atomic E-state index is 0. The van der Waals surface area contributed by atoms with Crippen molar-refractivity contribution in [2.75, 3.05) is 18.1 Å². The van der Waals surface area contributed by atoms with Gasteiger partial charge in [-0.2, -0.15) is 0 Å². The zero-order chi connectivity index (χ0) is 19.4. The van der Waals surface area contributed by atoms with Crippen LogP contribution in [-0.4, -0.2) is 29.8 Å². The van der Waals surface area contributed by atoms with Gasteiger partial charge >= 0.3 is 0 Å². The second-order valence-corrected chi connectivity index (χ2v) is 7.39. The summed E-state index contributed by atoms with van der Waals surface area (Å²) >= 11 is 6.34. The van der Waals surface area contributed by atoms with Crippen LogP contribution < -0.4 is 11.1 Å². The van der Waals surface area contributed by atoms with Gasteiger partial charge in [-0.15, -0.1) is 12.4 Å². The first kappa shape index (κ1) is 22.1. The van der Waals surface area contributed by atoms with Gasteiger partial charge in [0.15, 0.2) is 0 Å². The molecular weight excluding hydrogens is 397 g/mol. The fourth-order valence-corrected chi connectivity index (χ4v) is 3.69. The van der Waals surface area contributed by atoms with Gasteiger partial charge in [-0.3, -0.25) is 9.59 Å². The van der Waals surface area contributed by atoms with Crippen LogP contribution in [0.5, 0.6) is 0 Å². The van der Waals surface area contributed by atoms with Gasteiger partial charge in [0.05, 0.1) is 10.6 Å². The first-order valence-corrected chi connectivity index (χ1v) is 9.57. The molecule has 0 spiro atoms. The molecule has 2 aromatic rings. The zero-order valence-corrected chi connectivity index (χ0v) is 17.4. The summed E-state index contributed by atoms with van der Waals surface area (Å²) in [5.41, 5.74) is 7.73. The summed E-state index contributed by atoms with van der Waals surface area (Å²) in [7, 11) is 1.84. The number of hydrogen-bond acceptors (Lipinski definition) is 3. The molecule has 1 saturated carbocycles. The molecule has 0 bridgehead atoms. The topological polar surface area (TPSA) is 75.4 Å². The minimum atomic E-state index is -0.260. The Kier molecular flexibility index (Phi) is 7.72. The molecule has 3 N–H and O–H groups in total. The molecule has 0 saturated heterocycles. The fraction of sp³-hybridized carbons (Fsp3) is 0.333. The normalized spacial score (nSPS) is 14.1. The van der Waals surface area contributed by atoms with Crippen LogP contribution in [0.25, 0.3) is 0 Å². The van der Waals surface area contributed by atoms with Gasteiger partial charge in [-0.25, -0.2) is 0 Å². The number of nitrogens with zero attached hydrogens (tertiary/aromatic N) is 1. The lowest BCUT2D eigenvalue weighted by Gasteiger charge is -2.31. The average molecular weight is 422 g/mol. The molecule has 2 aromatic carbocycles. The number of nitrogens with two attached hydrogens (primary N) is 1. The van der Waals surface area contributed by atoms with E-state index < -0.39 is 0 Å². The summed E-state index contributed by atoms with van der Waals surface area (Å²) < 4.78 is 0. The first-order chi connectivity index (χ1) is 13.0. The van der Waals surface area contributed by atoms with Crippen LogP contribution in [0.1, 0.15) is 52.8 Å². The Balaban J connectivity index is 0.00000280. The van der Waals surface area contributed by atoms with E-state index in [2.05, 4.69) is 5.32 Å². The van der Waals surface area contributed by atoms with E-state index in [1.807, 2.05) is 7.05 Å². The number of benzene rings is 2. The van der Waals surface area contributed by atoms with E-state index in [9.17, 15) is 9.59 Å². The number of carbonyl (C=O) groups is 2. The third-order valence-electron chi connectivity index (χ3n) is 5.07. The van der Waals surface area contributed by atoms with Crippen LogP contribution >= 0.6 is 24.0 Å². The summed E-state index contributed by atoms with van der Waals surface area (Å²) in [5, 5.41) is 3.12. The van der Waals surface area contributed by atoms with E-state index in [0.29, 0.717) is 27.5 Å². The molecule has 1 aliphatic rings. The molecule has 2 amide bonds. The Labute approximate surface area is 176 Å². The number of halogens is 2. The Morgan fingerprint density at radius 3 is 2.32 bits per heavy atom. The molecule has 1 aliphatic carbocycles. The lowest BCUT2D eigenvalue weighted by atomic mass is 9.94. The van der Waals surface area contributed by atoms with Crippen molar-refractivity contribution in [3.8, 4) is 0 Å². The third-order valence-corrected chi connectivity index (χ3v) is 5.39. The number of nitrogen functional groups attached to an aromatic ring is 1. The zero-order valence-electron chi connectivity index (χ0n) is 15.8. The van der Waals surface area contributed by atoms with Gasteiger partial charge in [0.1, 0.15) is 0 Å². The maximum Gasteiger partial charge on any atom is 0.255 e.